The summed E-state index contributed by atoms with van der Waals surface area (Å²) < 4.78 is 0. The smallest absolute Gasteiger partial charge is 0.290 e. The number of rotatable bonds is 2. The Kier molecular flexibility index (Phi) is 2.24. The van der Waals surface area contributed by atoms with Crippen molar-refractivity contribution >= 4 is 11.7 Å². The van der Waals surface area contributed by atoms with Gasteiger partial charge in [0.1, 0.15) is 0 Å². The highest BCUT2D eigenvalue weighted by Gasteiger charge is 2.37. The maximum atomic E-state index is 11.0. The minimum atomic E-state index is -0.484. The number of amides is 1. The van der Waals surface area contributed by atoms with E-state index in [0.29, 0.717) is 13.1 Å². The van der Waals surface area contributed by atoms with Crippen LogP contribution in [0.1, 0.15) is 6.92 Å². The Hall–Kier alpha value is -0.900. The molecule has 4 nitrogen and oxygen atoms in total. The third kappa shape index (κ3) is 1.26. The van der Waals surface area contributed by atoms with Crippen molar-refractivity contribution in [3.05, 3.63) is 0 Å². The molecule has 4 heteroatoms. The second-order valence-corrected chi connectivity index (χ2v) is 2.59. The number of Topliss-reactive ketones (excluding diaryl/α,β-unsaturated/α-hetero) is 1. The highest BCUT2D eigenvalue weighted by Crippen LogP contribution is 2.12. The van der Waals surface area contributed by atoms with Gasteiger partial charge in [0.05, 0.1) is 12.5 Å². The van der Waals surface area contributed by atoms with Crippen LogP contribution in [0.25, 0.3) is 0 Å². The summed E-state index contributed by atoms with van der Waals surface area (Å²) >= 11 is 0. The van der Waals surface area contributed by atoms with Crippen LogP contribution in [0.3, 0.4) is 0 Å². The number of likely N-dealkylation sites (N-methyl/N-ethyl adjacent to an activating group) is 1. The number of ketones is 1. The van der Waals surface area contributed by atoms with Gasteiger partial charge in [0, 0.05) is 13.1 Å². The molecule has 1 unspecified atom stereocenters. The number of carbonyl (C=O) groups is 2. The highest BCUT2D eigenvalue weighted by atomic mass is 16.3. The van der Waals surface area contributed by atoms with Crippen LogP contribution >= 0.6 is 0 Å². The molecule has 0 aromatic rings. The van der Waals surface area contributed by atoms with Crippen LogP contribution in [0.15, 0.2) is 0 Å². The van der Waals surface area contributed by atoms with Gasteiger partial charge in [-0.2, -0.15) is 0 Å². The fourth-order valence-electron chi connectivity index (χ4n) is 1.18. The maximum absolute atomic E-state index is 11.0. The minimum absolute atomic E-state index is 0.221. The van der Waals surface area contributed by atoms with Crippen molar-refractivity contribution in [1.29, 1.82) is 0 Å². The van der Waals surface area contributed by atoms with Crippen molar-refractivity contribution in [3.8, 4) is 0 Å². The lowest BCUT2D eigenvalue weighted by atomic mass is 10.1. The van der Waals surface area contributed by atoms with Crippen molar-refractivity contribution in [3.63, 3.8) is 0 Å². The number of nitrogens with zero attached hydrogens (tertiary/aromatic N) is 1. The Morgan fingerprint density at radius 2 is 2.27 bits per heavy atom. The summed E-state index contributed by atoms with van der Waals surface area (Å²) in [7, 11) is 0. The molecule has 0 spiro atoms. The number of hydrogen-bond acceptors (Lipinski definition) is 3. The van der Waals surface area contributed by atoms with Crippen molar-refractivity contribution in [2.24, 2.45) is 5.92 Å². The van der Waals surface area contributed by atoms with Crippen LogP contribution in [0.2, 0.25) is 0 Å². The quantitative estimate of drug-likeness (QED) is 0.524. The predicted octanol–water partition coefficient (Wildman–Crippen LogP) is -0.974. The number of carbonyl (C=O) groups excluding carboxylic acids is 2. The third-order valence-corrected chi connectivity index (χ3v) is 1.91. The second-order valence-electron chi connectivity index (χ2n) is 2.59. The first-order chi connectivity index (χ1) is 5.20. The molecule has 0 aromatic carbocycles. The topological polar surface area (TPSA) is 57.6 Å². The zero-order valence-electron chi connectivity index (χ0n) is 6.41. The van der Waals surface area contributed by atoms with Gasteiger partial charge in [0.15, 0.2) is 0 Å². The van der Waals surface area contributed by atoms with Gasteiger partial charge in [-0.25, -0.2) is 0 Å². The van der Waals surface area contributed by atoms with Gasteiger partial charge in [-0.15, -0.1) is 0 Å². The summed E-state index contributed by atoms with van der Waals surface area (Å²) in [4.78, 5) is 23.4. The van der Waals surface area contributed by atoms with Gasteiger partial charge in [0.2, 0.25) is 5.78 Å². The van der Waals surface area contributed by atoms with E-state index in [9.17, 15) is 9.59 Å². The highest BCUT2D eigenvalue weighted by molar-refractivity contribution is 6.38. The van der Waals surface area contributed by atoms with Gasteiger partial charge in [-0.05, 0) is 6.92 Å². The maximum Gasteiger partial charge on any atom is 0.290 e. The van der Waals surface area contributed by atoms with Crippen LogP contribution in [0.5, 0.6) is 0 Å². The van der Waals surface area contributed by atoms with Crippen LogP contribution in [0, 0.1) is 5.92 Å². The molecule has 1 aliphatic heterocycles. The summed E-state index contributed by atoms with van der Waals surface area (Å²) in [6.07, 6.45) is 0. The number of aliphatic hydroxyl groups excluding tert-OH is 1. The van der Waals surface area contributed by atoms with Crippen molar-refractivity contribution in [2.45, 2.75) is 6.92 Å². The van der Waals surface area contributed by atoms with E-state index < -0.39 is 17.6 Å². The predicted molar refractivity (Wildman–Crippen MR) is 37.8 cm³/mol. The van der Waals surface area contributed by atoms with Gasteiger partial charge in [0.25, 0.3) is 5.91 Å². The Morgan fingerprint density at radius 1 is 1.64 bits per heavy atom. The summed E-state index contributed by atoms with van der Waals surface area (Å²) in [6, 6.07) is 0. The summed E-state index contributed by atoms with van der Waals surface area (Å²) in [6.45, 7) is 2.51. The fraction of sp³-hybridized carbons (Fsp3) is 0.714. The summed E-state index contributed by atoms with van der Waals surface area (Å²) in [5.41, 5.74) is 0. The molecule has 0 bridgehead atoms. The molecule has 62 valence electrons. The van der Waals surface area contributed by atoms with Crippen LogP contribution < -0.4 is 0 Å². The minimum Gasteiger partial charge on any atom is -0.396 e. The number of aliphatic hydroxyl groups is 1. The monoisotopic (exact) mass is 157 g/mol. The van der Waals surface area contributed by atoms with E-state index in [4.69, 9.17) is 5.11 Å². The third-order valence-electron chi connectivity index (χ3n) is 1.91. The average molecular weight is 157 g/mol. The van der Waals surface area contributed by atoms with Gasteiger partial charge in [-0.1, -0.05) is 0 Å². The average Bonchev–Trinajstić information content (AvgIpc) is 2.30. The van der Waals surface area contributed by atoms with E-state index in [0.717, 1.165) is 0 Å². The molecule has 11 heavy (non-hydrogen) atoms. The molecule has 0 aromatic heterocycles. The molecule has 1 aliphatic rings. The summed E-state index contributed by atoms with van der Waals surface area (Å²) in [5, 5.41) is 8.67. The van der Waals surface area contributed by atoms with Crippen molar-refractivity contribution in [1.82, 2.24) is 4.90 Å². The molecule has 1 N–H and O–H groups in total. The summed E-state index contributed by atoms with van der Waals surface area (Å²) in [5.74, 6) is -1.39. The van der Waals surface area contributed by atoms with E-state index in [1.165, 1.54) is 4.90 Å². The molecule has 1 fully saturated rings. The molecular weight excluding hydrogens is 146 g/mol. The van der Waals surface area contributed by atoms with Gasteiger partial charge < -0.3 is 10.0 Å². The number of likely N-dealkylation sites (tertiary alicyclic amines) is 1. The second kappa shape index (κ2) is 3.00. The normalized spacial score (nSPS) is 24.9. The molecule has 1 atom stereocenters. The van der Waals surface area contributed by atoms with Crippen LogP contribution in [-0.2, 0) is 9.59 Å². The number of hydrogen-bond donors (Lipinski definition) is 1. The molecule has 1 rings (SSSR count). The van der Waals surface area contributed by atoms with Gasteiger partial charge >= 0.3 is 0 Å². The fourth-order valence-corrected chi connectivity index (χ4v) is 1.18. The SMILES string of the molecule is CCN1CC(CO)C(=O)C1=O. The molecule has 1 amide bonds. The van der Waals surface area contributed by atoms with E-state index in [2.05, 4.69) is 0 Å². The lowest BCUT2D eigenvalue weighted by Crippen LogP contribution is -2.26. The largest absolute Gasteiger partial charge is 0.396 e. The first-order valence-electron chi connectivity index (χ1n) is 3.64. The molecular formula is C7H11NO3. The Balaban J connectivity index is 2.68. The van der Waals surface area contributed by atoms with Crippen molar-refractivity contribution < 1.29 is 14.7 Å². The van der Waals surface area contributed by atoms with E-state index in [1.807, 2.05) is 6.92 Å². The molecule has 0 saturated carbocycles. The Labute approximate surface area is 64.8 Å². The van der Waals surface area contributed by atoms with Crippen molar-refractivity contribution in [2.75, 3.05) is 19.7 Å². The van der Waals surface area contributed by atoms with Crippen LogP contribution in [0.4, 0.5) is 0 Å². The Bertz CT molecular complexity index is 170. The van der Waals surface area contributed by atoms with E-state index in [1.54, 1.807) is 0 Å². The Morgan fingerprint density at radius 3 is 2.55 bits per heavy atom. The van der Waals surface area contributed by atoms with Crippen LogP contribution in [-0.4, -0.2) is 41.4 Å². The van der Waals surface area contributed by atoms with Gasteiger partial charge in [-0.3, -0.25) is 9.59 Å². The molecule has 0 aliphatic carbocycles. The first kappa shape index (κ1) is 8.20. The zero-order chi connectivity index (χ0) is 8.43. The lowest BCUT2D eigenvalue weighted by molar-refractivity contribution is -0.141. The zero-order valence-corrected chi connectivity index (χ0v) is 6.41. The standard InChI is InChI=1S/C7H11NO3/c1-2-8-3-5(4-9)6(10)7(8)11/h5,9H,2-4H2,1H3. The lowest BCUT2D eigenvalue weighted by Gasteiger charge is -2.10. The first-order valence-corrected chi connectivity index (χ1v) is 3.64. The molecule has 0 radical (unpaired) electrons. The van der Waals surface area contributed by atoms with E-state index in [-0.39, 0.29) is 6.61 Å². The molecule has 1 saturated heterocycles. The van der Waals surface area contributed by atoms with E-state index >= 15 is 0 Å². The molecule has 1 heterocycles.